The van der Waals surface area contributed by atoms with Crippen molar-refractivity contribution in [2.75, 3.05) is 26.8 Å². The lowest BCUT2D eigenvalue weighted by atomic mass is 9.96. The molecule has 0 saturated carbocycles. The van der Waals surface area contributed by atoms with Crippen molar-refractivity contribution >= 4 is 18.3 Å². The molecule has 0 aliphatic carbocycles. The van der Waals surface area contributed by atoms with E-state index in [-0.39, 0.29) is 24.4 Å². The molecule has 1 aromatic carbocycles. The fourth-order valence-electron chi connectivity index (χ4n) is 2.70. The molecule has 0 spiro atoms. The smallest absolute Gasteiger partial charge is 0.224 e. The molecule has 0 radical (unpaired) electrons. The van der Waals surface area contributed by atoms with Crippen LogP contribution in [0.4, 0.5) is 0 Å². The molecule has 1 atom stereocenters. The molecular formula is C17H27ClN2O2. The average molecular weight is 327 g/mol. The van der Waals surface area contributed by atoms with Gasteiger partial charge in [-0.15, -0.1) is 12.4 Å². The molecule has 0 bridgehead atoms. The van der Waals surface area contributed by atoms with Gasteiger partial charge >= 0.3 is 0 Å². The summed E-state index contributed by atoms with van der Waals surface area (Å²) in [4.78, 5) is 14.0. The second kappa shape index (κ2) is 9.82. The highest BCUT2D eigenvalue weighted by Gasteiger charge is 2.18. The zero-order valence-electron chi connectivity index (χ0n) is 13.2. The lowest BCUT2D eigenvalue weighted by Crippen LogP contribution is -2.32. The van der Waals surface area contributed by atoms with E-state index in [4.69, 9.17) is 10.5 Å². The molecule has 124 valence electrons. The van der Waals surface area contributed by atoms with Gasteiger partial charge < -0.3 is 15.4 Å². The Hall–Kier alpha value is -1.10. The number of nitrogens with two attached hydrogens (primary N) is 1. The molecule has 1 unspecified atom stereocenters. The van der Waals surface area contributed by atoms with Crippen molar-refractivity contribution in [2.24, 2.45) is 11.7 Å². The number of nitrogens with zero attached hydrogens (tertiary/aromatic N) is 1. The molecular weight excluding hydrogens is 300 g/mol. The number of carbonyl (C=O) groups is 1. The SMILES string of the molecule is CN(CCC1CCOCC1)C(=O)CC(N)c1ccccc1.Cl. The van der Waals surface area contributed by atoms with Crippen LogP contribution in [0, 0.1) is 5.92 Å². The molecule has 1 amide bonds. The van der Waals surface area contributed by atoms with E-state index >= 15 is 0 Å². The van der Waals surface area contributed by atoms with E-state index in [0.29, 0.717) is 12.3 Å². The summed E-state index contributed by atoms with van der Waals surface area (Å²) in [6.07, 6.45) is 3.66. The summed E-state index contributed by atoms with van der Waals surface area (Å²) in [5.41, 5.74) is 7.13. The number of rotatable bonds is 6. The van der Waals surface area contributed by atoms with E-state index in [2.05, 4.69) is 0 Å². The van der Waals surface area contributed by atoms with Crippen LogP contribution in [0.3, 0.4) is 0 Å². The van der Waals surface area contributed by atoms with Crippen LogP contribution in [-0.4, -0.2) is 37.6 Å². The summed E-state index contributed by atoms with van der Waals surface area (Å²) >= 11 is 0. The molecule has 1 aliphatic rings. The van der Waals surface area contributed by atoms with Crippen LogP contribution in [0.2, 0.25) is 0 Å². The molecule has 0 aromatic heterocycles. The zero-order valence-corrected chi connectivity index (χ0v) is 14.1. The van der Waals surface area contributed by atoms with E-state index in [1.807, 2.05) is 42.3 Å². The monoisotopic (exact) mass is 326 g/mol. The Balaban J connectivity index is 0.00000242. The number of hydrogen-bond donors (Lipinski definition) is 1. The van der Waals surface area contributed by atoms with Gasteiger partial charge in [0.1, 0.15) is 0 Å². The second-order valence-corrected chi connectivity index (χ2v) is 5.88. The van der Waals surface area contributed by atoms with Crippen LogP contribution < -0.4 is 5.73 Å². The maximum absolute atomic E-state index is 12.2. The Morgan fingerprint density at radius 2 is 1.95 bits per heavy atom. The first-order valence-corrected chi connectivity index (χ1v) is 7.79. The maximum atomic E-state index is 12.2. The molecule has 1 heterocycles. The molecule has 1 fully saturated rings. The highest BCUT2D eigenvalue weighted by Crippen LogP contribution is 2.19. The summed E-state index contributed by atoms with van der Waals surface area (Å²) in [7, 11) is 1.87. The van der Waals surface area contributed by atoms with Gasteiger partial charge in [0.2, 0.25) is 5.91 Å². The van der Waals surface area contributed by atoms with E-state index in [0.717, 1.165) is 44.6 Å². The van der Waals surface area contributed by atoms with Crippen molar-refractivity contribution in [3.63, 3.8) is 0 Å². The normalized spacial score (nSPS) is 16.6. The molecule has 5 heteroatoms. The third-order valence-electron chi connectivity index (χ3n) is 4.26. The first-order valence-electron chi connectivity index (χ1n) is 7.79. The first-order chi connectivity index (χ1) is 10.2. The zero-order chi connectivity index (χ0) is 15.1. The van der Waals surface area contributed by atoms with Crippen molar-refractivity contribution in [3.05, 3.63) is 35.9 Å². The Labute approximate surface area is 139 Å². The van der Waals surface area contributed by atoms with Crippen LogP contribution in [0.25, 0.3) is 0 Å². The Morgan fingerprint density at radius 3 is 2.59 bits per heavy atom. The third kappa shape index (κ3) is 5.95. The van der Waals surface area contributed by atoms with Crippen LogP contribution in [0.15, 0.2) is 30.3 Å². The molecule has 2 N–H and O–H groups in total. The molecule has 4 nitrogen and oxygen atoms in total. The highest BCUT2D eigenvalue weighted by molar-refractivity contribution is 5.85. The highest BCUT2D eigenvalue weighted by atomic mass is 35.5. The largest absolute Gasteiger partial charge is 0.381 e. The van der Waals surface area contributed by atoms with E-state index in [1.165, 1.54) is 0 Å². The average Bonchev–Trinajstić information content (AvgIpc) is 2.54. The number of carbonyl (C=O) groups excluding carboxylic acids is 1. The van der Waals surface area contributed by atoms with Crippen molar-refractivity contribution in [1.82, 2.24) is 4.90 Å². The number of hydrogen-bond acceptors (Lipinski definition) is 3. The number of amides is 1. The van der Waals surface area contributed by atoms with Gasteiger partial charge in [0.05, 0.1) is 0 Å². The van der Waals surface area contributed by atoms with Gasteiger partial charge in [-0.2, -0.15) is 0 Å². The van der Waals surface area contributed by atoms with Crippen molar-refractivity contribution in [3.8, 4) is 0 Å². The first kappa shape index (κ1) is 18.9. The Kier molecular flexibility index (Phi) is 8.46. The minimum Gasteiger partial charge on any atom is -0.381 e. The van der Waals surface area contributed by atoms with Crippen LogP contribution >= 0.6 is 12.4 Å². The lowest BCUT2D eigenvalue weighted by Gasteiger charge is -2.25. The van der Waals surface area contributed by atoms with E-state index in [9.17, 15) is 4.79 Å². The van der Waals surface area contributed by atoms with E-state index < -0.39 is 0 Å². The summed E-state index contributed by atoms with van der Waals surface area (Å²) in [5.74, 6) is 0.815. The summed E-state index contributed by atoms with van der Waals surface area (Å²) in [6.45, 7) is 2.54. The maximum Gasteiger partial charge on any atom is 0.224 e. The second-order valence-electron chi connectivity index (χ2n) is 5.88. The van der Waals surface area contributed by atoms with Gasteiger partial charge in [0, 0.05) is 39.3 Å². The Bertz CT molecular complexity index is 436. The quantitative estimate of drug-likeness (QED) is 0.874. The summed E-state index contributed by atoms with van der Waals surface area (Å²) in [6, 6.07) is 9.59. The molecule has 1 aromatic rings. The minimum atomic E-state index is -0.218. The summed E-state index contributed by atoms with van der Waals surface area (Å²) in [5, 5.41) is 0. The van der Waals surface area contributed by atoms with Gasteiger partial charge in [-0.3, -0.25) is 4.79 Å². The lowest BCUT2D eigenvalue weighted by molar-refractivity contribution is -0.130. The predicted molar refractivity (Wildman–Crippen MR) is 91.0 cm³/mol. The topological polar surface area (TPSA) is 55.6 Å². The third-order valence-corrected chi connectivity index (χ3v) is 4.26. The van der Waals surface area contributed by atoms with Crippen molar-refractivity contribution in [1.29, 1.82) is 0 Å². The van der Waals surface area contributed by atoms with E-state index in [1.54, 1.807) is 0 Å². The number of halogens is 1. The van der Waals surface area contributed by atoms with Crippen molar-refractivity contribution in [2.45, 2.75) is 31.7 Å². The predicted octanol–water partition coefficient (Wildman–Crippen LogP) is 2.77. The fraction of sp³-hybridized carbons (Fsp3) is 0.588. The van der Waals surface area contributed by atoms with Gasteiger partial charge in [0.25, 0.3) is 0 Å². The van der Waals surface area contributed by atoms with Gasteiger partial charge in [-0.25, -0.2) is 0 Å². The van der Waals surface area contributed by atoms with Gasteiger partial charge in [0.15, 0.2) is 0 Å². The number of benzene rings is 1. The molecule has 1 aliphatic heterocycles. The van der Waals surface area contributed by atoms with Crippen molar-refractivity contribution < 1.29 is 9.53 Å². The van der Waals surface area contributed by atoms with Crippen LogP contribution in [-0.2, 0) is 9.53 Å². The standard InChI is InChI=1S/C17H26N2O2.ClH/c1-19(10-7-14-8-11-21-12-9-14)17(20)13-16(18)15-5-3-2-4-6-15;/h2-6,14,16H,7-13,18H2,1H3;1H. The molecule has 1 saturated heterocycles. The van der Waals surface area contributed by atoms with Crippen LogP contribution in [0.1, 0.15) is 37.3 Å². The van der Waals surface area contributed by atoms with Gasteiger partial charge in [-0.05, 0) is 30.7 Å². The molecule has 2 rings (SSSR count). The Morgan fingerprint density at radius 1 is 1.32 bits per heavy atom. The fourth-order valence-corrected chi connectivity index (χ4v) is 2.70. The summed E-state index contributed by atoms with van der Waals surface area (Å²) < 4.78 is 5.36. The minimum absolute atomic E-state index is 0. The molecule has 22 heavy (non-hydrogen) atoms. The van der Waals surface area contributed by atoms with Crippen LogP contribution in [0.5, 0.6) is 0 Å². The van der Waals surface area contributed by atoms with Gasteiger partial charge in [-0.1, -0.05) is 30.3 Å². The number of ether oxygens (including phenoxy) is 1.